The summed E-state index contributed by atoms with van der Waals surface area (Å²) < 4.78 is 2.03. The number of imidazole rings is 1. The van der Waals surface area contributed by atoms with E-state index in [2.05, 4.69) is 28.3 Å². The number of benzene rings is 1. The molecule has 1 aromatic heterocycles. The molecule has 19 heavy (non-hydrogen) atoms. The molecule has 2 rings (SSSR count). The van der Waals surface area contributed by atoms with Crippen molar-refractivity contribution in [2.45, 2.75) is 13.1 Å². The minimum absolute atomic E-state index is 0.751. The Balaban J connectivity index is 2.24. The first-order valence-corrected chi connectivity index (χ1v) is 6.60. The molecule has 0 aliphatic heterocycles. The van der Waals surface area contributed by atoms with Crippen LogP contribution in [-0.4, -0.2) is 23.6 Å². The van der Waals surface area contributed by atoms with E-state index in [0.717, 1.165) is 29.6 Å². The smallest absolute Gasteiger partial charge is 0.127 e. The van der Waals surface area contributed by atoms with Crippen molar-refractivity contribution < 1.29 is 0 Å². The molecule has 0 saturated carbocycles. The predicted octanol–water partition coefficient (Wildman–Crippen LogP) is 2.43. The number of nitrogens with zero attached hydrogens (tertiary/aromatic N) is 3. The maximum Gasteiger partial charge on any atom is 0.127 e. The van der Waals surface area contributed by atoms with Crippen LogP contribution in [-0.2, 0) is 20.1 Å². The topological polar surface area (TPSA) is 33.1 Å². The number of hydrogen-bond acceptors (Lipinski definition) is 3. The number of aromatic nitrogens is 2. The van der Waals surface area contributed by atoms with Crippen molar-refractivity contribution in [2.24, 2.45) is 7.05 Å². The van der Waals surface area contributed by atoms with Crippen LogP contribution in [0.3, 0.4) is 0 Å². The number of aryl methyl sites for hydroxylation is 1. The fourth-order valence-electron chi connectivity index (χ4n) is 2.08. The molecule has 0 amide bonds. The SMILES string of the molecule is CNCc1ccc(Cl)cc1N(C)Cc1nccn1C. The highest BCUT2D eigenvalue weighted by Gasteiger charge is 2.10. The molecular weight excluding hydrogens is 260 g/mol. The average Bonchev–Trinajstić information content (AvgIpc) is 2.77. The van der Waals surface area contributed by atoms with Gasteiger partial charge in [-0.25, -0.2) is 4.98 Å². The Kier molecular flexibility index (Phi) is 4.45. The summed E-state index contributed by atoms with van der Waals surface area (Å²) in [4.78, 5) is 6.52. The first-order chi connectivity index (χ1) is 9.11. The average molecular weight is 279 g/mol. The first kappa shape index (κ1) is 13.9. The van der Waals surface area contributed by atoms with Gasteiger partial charge in [-0.1, -0.05) is 17.7 Å². The van der Waals surface area contributed by atoms with Gasteiger partial charge in [-0.15, -0.1) is 0 Å². The maximum atomic E-state index is 6.11. The van der Waals surface area contributed by atoms with Crippen LogP contribution in [0.15, 0.2) is 30.6 Å². The van der Waals surface area contributed by atoms with Crippen LogP contribution in [0.4, 0.5) is 5.69 Å². The molecule has 0 spiro atoms. The molecule has 1 aromatic carbocycles. The van der Waals surface area contributed by atoms with Crippen LogP contribution in [0, 0.1) is 0 Å². The molecule has 4 nitrogen and oxygen atoms in total. The molecule has 0 saturated heterocycles. The molecule has 0 atom stereocenters. The third-order valence-corrected chi connectivity index (χ3v) is 3.36. The van der Waals surface area contributed by atoms with Gasteiger partial charge in [-0.3, -0.25) is 0 Å². The van der Waals surface area contributed by atoms with E-state index in [0.29, 0.717) is 0 Å². The van der Waals surface area contributed by atoms with Crippen LogP contribution >= 0.6 is 11.6 Å². The van der Waals surface area contributed by atoms with Crippen molar-refractivity contribution in [3.63, 3.8) is 0 Å². The van der Waals surface area contributed by atoms with Crippen molar-refractivity contribution in [1.82, 2.24) is 14.9 Å². The van der Waals surface area contributed by atoms with Gasteiger partial charge in [0, 0.05) is 43.7 Å². The molecule has 0 radical (unpaired) electrons. The summed E-state index contributed by atoms with van der Waals surface area (Å²) in [5.41, 5.74) is 2.36. The van der Waals surface area contributed by atoms with Gasteiger partial charge in [0.15, 0.2) is 0 Å². The number of rotatable bonds is 5. The zero-order valence-corrected chi connectivity index (χ0v) is 12.3. The fourth-order valence-corrected chi connectivity index (χ4v) is 2.24. The highest BCUT2D eigenvalue weighted by atomic mass is 35.5. The van der Waals surface area contributed by atoms with Gasteiger partial charge in [-0.2, -0.15) is 0 Å². The van der Waals surface area contributed by atoms with Crippen LogP contribution in [0.2, 0.25) is 5.02 Å². The van der Waals surface area contributed by atoms with E-state index in [1.165, 1.54) is 5.56 Å². The fraction of sp³-hybridized carbons (Fsp3) is 0.357. The third-order valence-electron chi connectivity index (χ3n) is 3.13. The van der Waals surface area contributed by atoms with Gasteiger partial charge in [0.1, 0.15) is 5.82 Å². The van der Waals surface area contributed by atoms with E-state index in [1.54, 1.807) is 0 Å². The Morgan fingerprint density at radius 2 is 2.21 bits per heavy atom. The van der Waals surface area contributed by atoms with Gasteiger partial charge in [0.25, 0.3) is 0 Å². The maximum absolute atomic E-state index is 6.11. The van der Waals surface area contributed by atoms with Gasteiger partial charge < -0.3 is 14.8 Å². The summed E-state index contributed by atoms with van der Waals surface area (Å²) in [6.07, 6.45) is 3.77. The van der Waals surface area contributed by atoms with E-state index in [-0.39, 0.29) is 0 Å². The van der Waals surface area contributed by atoms with Gasteiger partial charge in [0.2, 0.25) is 0 Å². The first-order valence-electron chi connectivity index (χ1n) is 6.22. The van der Waals surface area contributed by atoms with Gasteiger partial charge in [-0.05, 0) is 24.7 Å². The van der Waals surface area contributed by atoms with Crippen molar-refractivity contribution in [2.75, 3.05) is 19.0 Å². The number of anilines is 1. The molecule has 0 bridgehead atoms. The summed E-state index contributed by atoms with van der Waals surface area (Å²) >= 11 is 6.11. The van der Waals surface area contributed by atoms with Crippen LogP contribution < -0.4 is 10.2 Å². The quantitative estimate of drug-likeness (QED) is 0.912. The second kappa shape index (κ2) is 6.08. The Labute approximate surface area is 119 Å². The minimum Gasteiger partial charge on any atom is -0.367 e. The molecule has 0 fully saturated rings. The van der Waals surface area contributed by atoms with Crippen molar-refractivity contribution in [3.8, 4) is 0 Å². The molecule has 5 heteroatoms. The Bertz CT molecular complexity index is 550. The van der Waals surface area contributed by atoms with E-state index >= 15 is 0 Å². The van der Waals surface area contributed by atoms with Gasteiger partial charge in [0.05, 0.1) is 6.54 Å². The zero-order chi connectivity index (χ0) is 13.8. The van der Waals surface area contributed by atoms with E-state index in [9.17, 15) is 0 Å². The van der Waals surface area contributed by atoms with E-state index in [1.807, 2.05) is 43.2 Å². The van der Waals surface area contributed by atoms with Crippen LogP contribution in [0.5, 0.6) is 0 Å². The molecule has 1 heterocycles. The summed E-state index contributed by atoms with van der Waals surface area (Å²) in [7, 11) is 6.00. The summed E-state index contributed by atoms with van der Waals surface area (Å²) in [6.45, 7) is 1.57. The molecular formula is C14H19ClN4. The second-order valence-electron chi connectivity index (χ2n) is 4.61. The van der Waals surface area contributed by atoms with Crippen LogP contribution in [0.25, 0.3) is 0 Å². The predicted molar refractivity (Wildman–Crippen MR) is 79.5 cm³/mol. The molecule has 102 valence electrons. The van der Waals surface area contributed by atoms with Crippen molar-refractivity contribution >= 4 is 17.3 Å². The third kappa shape index (κ3) is 3.28. The lowest BCUT2D eigenvalue weighted by Gasteiger charge is -2.22. The lowest BCUT2D eigenvalue weighted by atomic mass is 10.1. The normalized spacial score (nSPS) is 10.7. The van der Waals surface area contributed by atoms with Crippen molar-refractivity contribution in [3.05, 3.63) is 47.0 Å². The molecule has 0 aliphatic carbocycles. The number of halogens is 1. The van der Waals surface area contributed by atoms with E-state index in [4.69, 9.17) is 11.6 Å². The van der Waals surface area contributed by atoms with Crippen molar-refractivity contribution in [1.29, 1.82) is 0 Å². The monoisotopic (exact) mass is 278 g/mol. The highest BCUT2D eigenvalue weighted by molar-refractivity contribution is 6.30. The number of hydrogen-bond donors (Lipinski definition) is 1. The zero-order valence-electron chi connectivity index (χ0n) is 11.5. The Morgan fingerprint density at radius 3 is 2.84 bits per heavy atom. The standard InChI is InChI=1S/C14H19ClN4/c1-16-9-11-4-5-12(15)8-13(11)19(3)10-14-17-6-7-18(14)2/h4-8,16H,9-10H2,1-3H3. The molecule has 2 aromatic rings. The lowest BCUT2D eigenvalue weighted by Crippen LogP contribution is -2.21. The summed E-state index contributed by atoms with van der Waals surface area (Å²) in [5.74, 6) is 1.03. The largest absolute Gasteiger partial charge is 0.367 e. The summed E-state index contributed by atoms with van der Waals surface area (Å²) in [6, 6.07) is 5.98. The molecule has 0 unspecified atom stereocenters. The minimum atomic E-state index is 0.751. The molecule has 1 N–H and O–H groups in total. The number of nitrogens with one attached hydrogen (secondary N) is 1. The van der Waals surface area contributed by atoms with Crippen LogP contribution in [0.1, 0.15) is 11.4 Å². The molecule has 0 aliphatic rings. The Morgan fingerprint density at radius 1 is 1.42 bits per heavy atom. The van der Waals surface area contributed by atoms with E-state index < -0.39 is 0 Å². The Hall–Kier alpha value is -1.52. The van der Waals surface area contributed by atoms with Gasteiger partial charge >= 0.3 is 0 Å². The summed E-state index contributed by atoms with van der Waals surface area (Å²) in [5, 5.41) is 3.93. The highest BCUT2D eigenvalue weighted by Crippen LogP contribution is 2.25. The second-order valence-corrected chi connectivity index (χ2v) is 5.05. The lowest BCUT2D eigenvalue weighted by molar-refractivity contribution is 0.752.